The number of carboxylic acids is 1. The number of rotatable bonds is 8. The first kappa shape index (κ1) is 18.7. The predicted molar refractivity (Wildman–Crippen MR) is 98.6 cm³/mol. The molecule has 5 heteroatoms. The Morgan fingerprint density at radius 3 is 2.58 bits per heavy atom. The van der Waals surface area contributed by atoms with E-state index in [-0.39, 0.29) is 6.54 Å². The maximum Gasteiger partial charge on any atom is 0.317 e. The van der Waals surface area contributed by atoms with Crippen LogP contribution in [-0.4, -0.2) is 67.2 Å². The molecule has 0 unspecified atom stereocenters. The molecule has 0 atom stereocenters. The molecule has 0 aromatic heterocycles. The van der Waals surface area contributed by atoms with Crippen molar-refractivity contribution in [3.63, 3.8) is 0 Å². The fraction of sp³-hybridized carbons (Fsp3) is 0.632. The molecule has 0 radical (unpaired) electrons. The van der Waals surface area contributed by atoms with Crippen molar-refractivity contribution in [3.8, 4) is 0 Å². The van der Waals surface area contributed by atoms with E-state index in [2.05, 4.69) is 49.0 Å². The van der Waals surface area contributed by atoms with E-state index in [1.165, 1.54) is 24.1 Å². The number of carboxylic acid groups (broad SMARTS) is 1. The van der Waals surface area contributed by atoms with Crippen LogP contribution in [0.15, 0.2) is 24.3 Å². The Balaban J connectivity index is 2.12. The van der Waals surface area contributed by atoms with Crippen molar-refractivity contribution in [2.24, 2.45) is 0 Å². The number of nitrogens with zero attached hydrogens (tertiary/aromatic N) is 3. The van der Waals surface area contributed by atoms with Crippen molar-refractivity contribution >= 4 is 11.7 Å². The van der Waals surface area contributed by atoms with Crippen LogP contribution in [0.3, 0.4) is 0 Å². The summed E-state index contributed by atoms with van der Waals surface area (Å²) in [5.74, 6) is -0.760. The van der Waals surface area contributed by atoms with Gasteiger partial charge in [0.2, 0.25) is 0 Å². The molecule has 0 saturated carbocycles. The third-order valence-corrected chi connectivity index (χ3v) is 4.90. The van der Waals surface area contributed by atoms with E-state index in [0.717, 1.165) is 26.1 Å². The van der Waals surface area contributed by atoms with Gasteiger partial charge in [-0.1, -0.05) is 25.1 Å². The van der Waals surface area contributed by atoms with Crippen LogP contribution in [0.5, 0.6) is 0 Å². The molecule has 5 nitrogen and oxygen atoms in total. The lowest BCUT2D eigenvalue weighted by Crippen LogP contribution is -2.42. The van der Waals surface area contributed by atoms with Crippen molar-refractivity contribution in [2.45, 2.75) is 38.8 Å². The summed E-state index contributed by atoms with van der Waals surface area (Å²) in [5.41, 5.74) is 2.45. The molecule has 2 rings (SSSR count). The summed E-state index contributed by atoms with van der Waals surface area (Å²) < 4.78 is 0. The topological polar surface area (TPSA) is 47.0 Å². The van der Waals surface area contributed by atoms with Crippen LogP contribution >= 0.6 is 0 Å². The summed E-state index contributed by atoms with van der Waals surface area (Å²) in [4.78, 5) is 17.9. The standard InChI is InChI=1S/C19H31N3O2/c1-4-11-22(15-19(23)24)14-16-7-5-6-8-18(16)21(3)17-9-12-20(2)13-10-17/h5-8,17H,4,9-15H2,1-3H3,(H,23,24). The Morgan fingerprint density at radius 1 is 1.29 bits per heavy atom. The Bertz CT molecular complexity index is 527. The highest BCUT2D eigenvalue weighted by Crippen LogP contribution is 2.26. The predicted octanol–water partition coefficient (Wildman–Crippen LogP) is 2.51. The lowest BCUT2D eigenvalue weighted by Gasteiger charge is -2.37. The van der Waals surface area contributed by atoms with E-state index < -0.39 is 5.97 Å². The molecular weight excluding hydrogens is 302 g/mol. The lowest BCUT2D eigenvalue weighted by atomic mass is 10.0. The maximum atomic E-state index is 11.1. The van der Waals surface area contributed by atoms with Gasteiger partial charge in [0.15, 0.2) is 0 Å². The van der Waals surface area contributed by atoms with Gasteiger partial charge in [-0.15, -0.1) is 0 Å². The average Bonchev–Trinajstić information content (AvgIpc) is 2.55. The van der Waals surface area contributed by atoms with E-state index in [9.17, 15) is 4.79 Å². The minimum atomic E-state index is -0.760. The number of anilines is 1. The summed E-state index contributed by atoms with van der Waals surface area (Å²) >= 11 is 0. The SMILES string of the molecule is CCCN(CC(=O)O)Cc1ccccc1N(C)C1CCN(C)CC1. The van der Waals surface area contributed by atoms with Crippen LogP contribution in [0.2, 0.25) is 0 Å². The molecule has 1 saturated heterocycles. The highest BCUT2D eigenvalue weighted by atomic mass is 16.4. The first-order valence-electron chi connectivity index (χ1n) is 8.94. The van der Waals surface area contributed by atoms with Crippen LogP contribution in [-0.2, 0) is 11.3 Å². The number of carbonyl (C=O) groups is 1. The fourth-order valence-electron chi connectivity index (χ4n) is 3.53. The Morgan fingerprint density at radius 2 is 1.96 bits per heavy atom. The first-order valence-corrected chi connectivity index (χ1v) is 8.94. The monoisotopic (exact) mass is 333 g/mol. The van der Waals surface area contributed by atoms with Gasteiger partial charge in [0.1, 0.15) is 0 Å². The van der Waals surface area contributed by atoms with Gasteiger partial charge in [-0.05, 0) is 57.6 Å². The Hall–Kier alpha value is -1.59. The molecule has 134 valence electrons. The first-order chi connectivity index (χ1) is 11.5. The fourth-order valence-corrected chi connectivity index (χ4v) is 3.53. The van der Waals surface area contributed by atoms with E-state index in [4.69, 9.17) is 5.11 Å². The third kappa shape index (κ3) is 5.21. The molecule has 1 aromatic carbocycles. The number of piperidine rings is 1. The van der Waals surface area contributed by atoms with Crippen molar-refractivity contribution in [1.29, 1.82) is 0 Å². The van der Waals surface area contributed by atoms with Crippen molar-refractivity contribution in [1.82, 2.24) is 9.80 Å². The quantitative estimate of drug-likeness (QED) is 0.792. The van der Waals surface area contributed by atoms with E-state index in [0.29, 0.717) is 12.6 Å². The third-order valence-electron chi connectivity index (χ3n) is 4.90. The summed E-state index contributed by atoms with van der Waals surface area (Å²) in [6, 6.07) is 8.98. The summed E-state index contributed by atoms with van der Waals surface area (Å²) in [6.45, 7) is 5.95. The van der Waals surface area contributed by atoms with Crippen LogP contribution in [0.4, 0.5) is 5.69 Å². The molecule has 24 heavy (non-hydrogen) atoms. The van der Waals surface area contributed by atoms with Gasteiger partial charge in [0.25, 0.3) is 0 Å². The molecule has 0 spiro atoms. The molecule has 1 aliphatic heterocycles. The largest absolute Gasteiger partial charge is 0.480 e. The van der Waals surface area contributed by atoms with Gasteiger partial charge in [0, 0.05) is 25.3 Å². The van der Waals surface area contributed by atoms with Gasteiger partial charge >= 0.3 is 5.97 Å². The van der Waals surface area contributed by atoms with Crippen LogP contribution in [0.1, 0.15) is 31.7 Å². The van der Waals surface area contributed by atoms with Crippen molar-refractivity contribution in [2.75, 3.05) is 45.2 Å². The van der Waals surface area contributed by atoms with Crippen molar-refractivity contribution in [3.05, 3.63) is 29.8 Å². The highest BCUT2D eigenvalue weighted by molar-refractivity contribution is 5.69. The molecule has 1 aromatic rings. The number of hydrogen-bond acceptors (Lipinski definition) is 4. The minimum absolute atomic E-state index is 0.0973. The van der Waals surface area contributed by atoms with Gasteiger partial charge in [-0.2, -0.15) is 0 Å². The molecule has 1 heterocycles. The van der Waals surface area contributed by atoms with Crippen LogP contribution in [0, 0.1) is 0 Å². The Kier molecular flexibility index (Phi) is 7.06. The van der Waals surface area contributed by atoms with Crippen LogP contribution in [0.25, 0.3) is 0 Å². The Labute approximate surface area is 145 Å². The second-order valence-corrected chi connectivity index (χ2v) is 6.88. The number of likely N-dealkylation sites (tertiary alicyclic amines) is 1. The zero-order valence-corrected chi connectivity index (χ0v) is 15.2. The molecule has 1 aliphatic rings. The minimum Gasteiger partial charge on any atom is -0.480 e. The molecular formula is C19H31N3O2. The average molecular weight is 333 g/mol. The lowest BCUT2D eigenvalue weighted by molar-refractivity contribution is -0.138. The molecule has 1 fully saturated rings. The smallest absolute Gasteiger partial charge is 0.317 e. The normalized spacial score (nSPS) is 16.5. The van der Waals surface area contributed by atoms with Gasteiger partial charge in [-0.3, -0.25) is 9.69 Å². The zero-order valence-electron chi connectivity index (χ0n) is 15.2. The second-order valence-electron chi connectivity index (χ2n) is 6.88. The molecule has 0 amide bonds. The van der Waals surface area contributed by atoms with Gasteiger partial charge < -0.3 is 14.9 Å². The second kappa shape index (κ2) is 9.04. The van der Waals surface area contributed by atoms with Crippen LogP contribution < -0.4 is 4.90 Å². The number of benzene rings is 1. The number of aliphatic carboxylic acids is 1. The highest BCUT2D eigenvalue weighted by Gasteiger charge is 2.22. The summed E-state index contributed by atoms with van der Waals surface area (Å²) in [7, 11) is 4.36. The maximum absolute atomic E-state index is 11.1. The van der Waals surface area contributed by atoms with Gasteiger partial charge in [-0.25, -0.2) is 0 Å². The molecule has 0 bridgehead atoms. The van der Waals surface area contributed by atoms with Crippen molar-refractivity contribution < 1.29 is 9.90 Å². The zero-order chi connectivity index (χ0) is 17.5. The number of para-hydroxylation sites is 1. The molecule has 1 N–H and O–H groups in total. The summed E-state index contributed by atoms with van der Waals surface area (Å²) in [5, 5.41) is 9.14. The van der Waals surface area contributed by atoms with E-state index >= 15 is 0 Å². The summed E-state index contributed by atoms with van der Waals surface area (Å²) in [6.07, 6.45) is 3.31. The van der Waals surface area contributed by atoms with Gasteiger partial charge in [0.05, 0.1) is 6.54 Å². The number of hydrogen-bond donors (Lipinski definition) is 1. The van der Waals surface area contributed by atoms with E-state index in [1.807, 2.05) is 11.0 Å². The molecule has 0 aliphatic carbocycles. The van der Waals surface area contributed by atoms with E-state index in [1.54, 1.807) is 0 Å².